The van der Waals surface area contributed by atoms with Crippen molar-refractivity contribution in [2.45, 2.75) is 18.9 Å². The van der Waals surface area contributed by atoms with Crippen LogP contribution >= 0.6 is 15.9 Å². The number of nitrogens with zero attached hydrogens (tertiary/aromatic N) is 1. The number of hydrogen-bond acceptors (Lipinski definition) is 2. The van der Waals surface area contributed by atoms with Gasteiger partial charge in [0.2, 0.25) is 0 Å². The van der Waals surface area contributed by atoms with Gasteiger partial charge in [0.25, 0.3) is 0 Å². The molecule has 0 saturated carbocycles. The average Bonchev–Trinajstić information content (AvgIpc) is 2.19. The predicted molar refractivity (Wildman–Crippen MR) is 61.5 cm³/mol. The predicted octanol–water partition coefficient (Wildman–Crippen LogP) is 2.69. The first-order valence-corrected chi connectivity index (χ1v) is 5.95. The van der Waals surface area contributed by atoms with E-state index in [0.717, 1.165) is 0 Å². The molecular weight excluding hydrogens is 280 g/mol. The third-order valence-corrected chi connectivity index (χ3v) is 3.22. The molecule has 1 heterocycles. The highest BCUT2D eigenvalue weighted by molar-refractivity contribution is 9.10. The van der Waals surface area contributed by atoms with Gasteiger partial charge in [-0.15, -0.1) is 0 Å². The van der Waals surface area contributed by atoms with Crippen LogP contribution in [0.25, 0.3) is 0 Å². The Kier molecular flexibility index (Phi) is 3.44. The molecule has 2 nitrogen and oxygen atoms in total. The zero-order valence-electron chi connectivity index (χ0n) is 8.59. The SMILES string of the molecule is OC1CCN(c2c(F)cc(Br)cc2F)CC1. The molecule has 16 heavy (non-hydrogen) atoms. The molecule has 0 bridgehead atoms. The maximum atomic E-state index is 13.6. The third kappa shape index (κ3) is 2.35. The number of rotatable bonds is 1. The van der Waals surface area contributed by atoms with Gasteiger partial charge in [0.1, 0.15) is 5.69 Å². The molecule has 0 radical (unpaired) electrons. The first-order valence-electron chi connectivity index (χ1n) is 5.15. The summed E-state index contributed by atoms with van der Waals surface area (Å²) in [7, 11) is 0. The van der Waals surface area contributed by atoms with Gasteiger partial charge in [-0.1, -0.05) is 15.9 Å². The monoisotopic (exact) mass is 291 g/mol. The van der Waals surface area contributed by atoms with Crippen LogP contribution in [0.2, 0.25) is 0 Å². The molecule has 0 spiro atoms. The van der Waals surface area contributed by atoms with Crippen LogP contribution in [0, 0.1) is 11.6 Å². The highest BCUT2D eigenvalue weighted by Crippen LogP contribution is 2.29. The number of aliphatic hydroxyl groups excluding tert-OH is 1. The summed E-state index contributed by atoms with van der Waals surface area (Å²) in [6, 6.07) is 2.51. The Morgan fingerprint density at radius 3 is 2.19 bits per heavy atom. The van der Waals surface area contributed by atoms with E-state index in [9.17, 15) is 13.9 Å². The van der Waals surface area contributed by atoms with Crippen molar-refractivity contribution < 1.29 is 13.9 Å². The lowest BCUT2D eigenvalue weighted by molar-refractivity contribution is 0.145. The van der Waals surface area contributed by atoms with Gasteiger partial charge in [0.05, 0.1) is 6.10 Å². The maximum absolute atomic E-state index is 13.6. The van der Waals surface area contributed by atoms with E-state index in [1.165, 1.54) is 12.1 Å². The Morgan fingerprint density at radius 2 is 1.69 bits per heavy atom. The van der Waals surface area contributed by atoms with Crippen LogP contribution in [0.15, 0.2) is 16.6 Å². The van der Waals surface area contributed by atoms with Gasteiger partial charge in [-0.2, -0.15) is 0 Å². The molecule has 1 aromatic rings. The molecule has 1 saturated heterocycles. The fourth-order valence-electron chi connectivity index (χ4n) is 1.93. The summed E-state index contributed by atoms with van der Waals surface area (Å²) in [4.78, 5) is 1.64. The molecule has 1 N–H and O–H groups in total. The van der Waals surface area contributed by atoms with Crippen LogP contribution in [0.4, 0.5) is 14.5 Å². The summed E-state index contributed by atoms with van der Waals surface area (Å²) >= 11 is 3.04. The van der Waals surface area contributed by atoms with Crippen molar-refractivity contribution in [3.05, 3.63) is 28.2 Å². The van der Waals surface area contributed by atoms with E-state index in [0.29, 0.717) is 30.4 Å². The van der Waals surface area contributed by atoms with E-state index in [1.807, 2.05) is 0 Å². The molecule has 1 aromatic carbocycles. The number of aliphatic hydroxyl groups is 1. The maximum Gasteiger partial charge on any atom is 0.150 e. The van der Waals surface area contributed by atoms with Gasteiger partial charge in [-0.3, -0.25) is 0 Å². The first kappa shape index (κ1) is 11.8. The van der Waals surface area contributed by atoms with Crippen LogP contribution < -0.4 is 4.90 Å². The zero-order chi connectivity index (χ0) is 11.7. The number of benzene rings is 1. The van der Waals surface area contributed by atoms with Crippen molar-refractivity contribution in [3.8, 4) is 0 Å². The van der Waals surface area contributed by atoms with Crippen LogP contribution in [0.5, 0.6) is 0 Å². The minimum absolute atomic E-state index is 0.00935. The Labute approximate surface area is 101 Å². The van der Waals surface area contributed by atoms with E-state index in [2.05, 4.69) is 15.9 Å². The van der Waals surface area contributed by atoms with Crippen LogP contribution in [-0.2, 0) is 0 Å². The molecule has 0 unspecified atom stereocenters. The first-order chi connectivity index (χ1) is 7.58. The van der Waals surface area contributed by atoms with Crippen molar-refractivity contribution in [2.24, 2.45) is 0 Å². The second-order valence-corrected chi connectivity index (χ2v) is 4.85. The molecule has 0 aromatic heterocycles. The minimum Gasteiger partial charge on any atom is -0.393 e. The molecular formula is C11H12BrF2NO. The molecule has 0 atom stereocenters. The van der Waals surface area contributed by atoms with Crippen molar-refractivity contribution in [2.75, 3.05) is 18.0 Å². The van der Waals surface area contributed by atoms with Gasteiger partial charge in [0.15, 0.2) is 11.6 Å². The van der Waals surface area contributed by atoms with E-state index >= 15 is 0 Å². The van der Waals surface area contributed by atoms with Crippen LogP contribution in [-0.4, -0.2) is 24.3 Å². The standard InChI is InChI=1S/C11H12BrF2NO/c12-7-5-9(13)11(10(14)6-7)15-3-1-8(16)2-4-15/h5-6,8,16H,1-4H2. The zero-order valence-corrected chi connectivity index (χ0v) is 10.2. The van der Waals surface area contributed by atoms with Gasteiger partial charge in [-0.25, -0.2) is 8.78 Å². The number of hydrogen-bond donors (Lipinski definition) is 1. The molecule has 2 rings (SSSR count). The normalized spacial score (nSPS) is 17.9. The summed E-state index contributed by atoms with van der Waals surface area (Å²) < 4.78 is 27.6. The van der Waals surface area contributed by atoms with Crippen molar-refractivity contribution in [3.63, 3.8) is 0 Å². The summed E-state index contributed by atoms with van der Waals surface area (Å²) in [6.07, 6.45) is 0.752. The second kappa shape index (κ2) is 4.67. The largest absolute Gasteiger partial charge is 0.393 e. The Bertz CT molecular complexity index is 369. The number of halogens is 3. The smallest absolute Gasteiger partial charge is 0.150 e. The molecule has 1 aliphatic rings. The highest BCUT2D eigenvalue weighted by atomic mass is 79.9. The molecule has 88 valence electrons. The molecule has 0 amide bonds. The fourth-order valence-corrected chi connectivity index (χ4v) is 2.33. The van der Waals surface area contributed by atoms with Crippen LogP contribution in [0.1, 0.15) is 12.8 Å². The summed E-state index contributed by atoms with van der Waals surface area (Å²) in [5.41, 5.74) is 0.00935. The van der Waals surface area contributed by atoms with Crippen molar-refractivity contribution in [1.29, 1.82) is 0 Å². The Hall–Kier alpha value is -0.680. The molecule has 5 heteroatoms. The Balaban J connectivity index is 2.26. The van der Waals surface area contributed by atoms with E-state index in [1.54, 1.807) is 4.90 Å². The summed E-state index contributed by atoms with van der Waals surface area (Å²) in [6.45, 7) is 0.966. The van der Waals surface area contributed by atoms with E-state index in [4.69, 9.17) is 0 Å². The molecule has 1 aliphatic heterocycles. The van der Waals surface area contributed by atoms with Gasteiger partial charge in [0, 0.05) is 17.6 Å². The summed E-state index contributed by atoms with van der Waals surface area (Å²) in [5.74, 6) is -1.13. The lowest BCUT2D eigenvalue weighted by Crippen LogP contribution is -2.36. The van der Waals surface area contributed by atoms with Crippen molar-refractivity contribution >= 4 is 21.6 Å². The van der Waals surface area contributed by atoms with Crippen molar-refractivity contribution in [1.82, 2.24) is 0 Å². The second-order valence-electron chi connectivity index (χ2n) is 3.94. The fraction of sp³-hybridized carbons (Fsp3) is 0.455. The minimum atomic E-state index is -0.566. The van der Waals surface area contributed by atoms with E-state index < -0.39 is 11.6 Å². The Morgan fingerprint density at radius 1 is 1.19 bits per heavy atom. The number of anilines is 1. The molecule has 1 fully saturated rings. The quantitative estimate of drug-likeness (QED) is 0.860. The third-order valence-electron chi connectivity index (χ3n) is 2.76. The number of piperidine rings is 1. The highest BCUT2D eigenvalue weighted by Gasteiger charge is 2.22. The van der Waals surface area contributed by atoms with Crippen LogP contribution in [0.3, 0.4) is 0 Å². The molecule has 0 aliphatic carbocycles. The lowest BCUT2D eigenvalue weighted by Gasteiger charge is -2.31. The average molecular weight is 292 g/mol. The van der Waals surface area contributed by atoms with Gasteiger partial charge in [-0.05, 0) is 25.0 Å². The van der Waals surface area contributed by atoms with E-state index in [-0.39, 0.29) is 11.8 Å². The van der Waals surface area contributed by atoms with Gasteiger partial charge >= 0.3 is 0 Å². The lowest BCUT2D eigenvalue weighted by atomic mass is 10.1. The summed E-state index contributed by atoms with van der Waals surface area (Å²) in [5, 5.41) is 9.33. The van der Waals surface area contributed by atoms with Gasteiger partial charge < -0.3 is 10.0 Å². The topological polar surface area (TPSA) is 23.5 Å².